The summed E-state index contributed by atoms with van der Waals surface area (Å²) in [6, 6.07) is 22.6. The number of piperidine rings is 1. The zero-order valence-electron chi connectivity index (χ0n) is 28.6. The summed E-state index contributed by atoms with van der Waals surface area (Å²) in [5, 5.41) is 14.7. The van der Waals surface area contributed by atoms with Crippen LogP contribution in [-0.4, -0.2) is 69.3 Å². The van der Waals surface area contributed by atoms with Gasteiger partial charge in [-0.1, -0.05) is 36.4 Å². The minimum atomic E-state index is -0.896. The maximum absolute atomic E-state index is 13.7. The molecule has 0 saturated carbocycles. The van der Waals surface area contributed by atoms with Gasteiger partial charge in [0, 0.05) is 35.5 Å². The van der Waals surface area contributed by atoms with E-state index >= 15 is 0 Å². The van der Waals surface area contributed by atoms with Crippen molar-refractivity contribution in [2.45, 2.75) is 44.4 Å². The van der Waals surface area contributed by atoms with Crippen LogP contribution in [0.4, 0.5) is 5.69 Å². The van der Waals surface area contributed by atoms with Crippen LogP contribution < -0.4 is 14.8 Å². The van der Waals surface area contributed by atoms with E-state index in [1.807, 2.05) is 24.3 Å². The van der Waals surface area contributed by atoms with Gasteiger partial charge in [-0.3, -0.25) is 10.1 Å². The summed E-state index contributed by atoms with van der Waals surface area (Å²) in [5.41, 5.74) is 4.03. The van der Waals surface area contributed by atoms with Crippen LogP contribution in [0.2, 0.25) is 0 Å². The fraction of sp³-hybridized carbons (Fsp3) is 0.368. The van der Waals surface area contributed by atoms with Crippen molar-refractivity contribution in [3.8, 4) is 11.5 Å². The third-order valence-electron chi connectivity index (χ3n) is 9.65. The summed E-state index contributed by atoms with van der Waals surface area (Å²) in [7, 11) is 4.59. The minimum absolute atomic E-state index is 0.146. The fourth-order valence-corrected chi connectivity index (χ4v) is 7.05. The molecule has 0 aromatic heterocycles. The van der Waals surface area contributed by atoms with E-state index in [1.165, 1.54) is 36.4 Å². The third-order valence-corrected chi connectivity index (χ3v) is 9.65. The van der Waals surface area contributed by atoms with Gasteiger partial charge in [-0.2, -0.15) is 0 Å². The molecule has 1 unspecified atom stereocenters. The molecule has 2 heterocycles. The Kier molecular flexibility index (Phi) is 11.0. The monoisotopic (exact) mass is 669 g/mol. The molecule has 1 atom stereocenters. The summed E-state index contributed by atoms with van der Waals surface area (Å²) >= 11 is 0. The molecule has 3 aromatic rings. The summed E-state index contributed by atoms with van der Waals surface area (Å²) < 4.78 is 21.7. The maximum Gasteiger partial charge on any atom is 0.336 e. The average Bonchev–Trinajstić information content (AvgIpc) is 3.13. The van der Waals surface area contributed by atoms with Crippen molar-refractivity contribution in [3.05, 3.63) is 122 Å². The van der Waals surface area contributed by atoms with Gasteiger partial charge in [-0.25, -0.2) is 9.59 Å². The topological polar surface area (TPSA) is 129 Å². The first-order valence-corrected chi connectivity index (χ1v) is 16.3. The van der Waals surface area contributed by atoms with Crippen molar-refractivity contribution in [3.63, 3.8) is 0 Å². The predicted molar refractivity (Wildman–Crippen MR) is 184 cm³/mol. The van der Waals surface area contributed by atoms with Gasteiger partial charge in [0.05, 0.1) is 49.9 Å². The molecule has 11 heteroatoms. The Morgan fingerprint density at radius 1 is 0.857 bits per heavy atom. The summed E-state index contributed by atoms with van der Waals surface area (Å²) in [6.45, 7) is 6.07. The Bertz CT molecular complexity index is 1690. The van der Waals surface area contributed by atoms with Gasteiger partial charge in [0.2, 0.25) is 0 Å². The summed E-state index contributed by atoms with van der Waals surface area (Å²) in [4.78, 5) is 40.0. The number of nitrogens with one attached hydrogen (secondary N) is 1. The van der Waals surface area contributed by atoms with Crippen LogP contribution in [-0.2, 0) is 24.5 Å². The van der Waals surface area contributed by atoms with Crippen LogP contribution in [0, 0.1) is 10.1 Å². The molecule has 1 saturated heterocycles. The highest BCUT2D eigenvalue weighted by atomic mass is 16.6. The van der Waals surface area contributed by atoms with Crippen LogP contribution in [0.1, 0.15) is 55.7 Å². The second-order valence-corrected chi connectivity index (χ2v) is 12.3. The quantitative estimate of drug-likeness (QED) is 0.106. The van der Waals surface area contributed by atoms with E-state index < -0.39 is 22.8 Å². The Morgan fingerprint density at radius 3 is 1.92 bits per heavy atom. The Morgan fingerprint density at radius 2 is 1.41 bits per heavy atom. The standard InChI is InChI=1S/C38H43N3O8/c1-25-33(36(42)48-5)35(27-8-6-9-30(24-27)41(44)45)34(26(2)39-25)37(43)49-23-7-20-40-21-18-38(19-22-40,28-10-14-31(46-3)15-11-28)29-12-16-32(47-4)17-13-29/h6,8-17,24,35,39H,7,18-23H2,1-5H3. The van der Waals surface area contributed by atoms with Gasteiger partial charge in [0.15, 0.2) is 0 Å². The molecule has 3 aromatic carbocycles. The number of rotatable bonds is 12. The highest BCUT2D eigenvalue weighted by molar-refractivity contribution is 5.99. The number of carbonyl (C=O) groups excluding carboxylic acids is 2. The SMILES string of the molecule is COC(=O)C1=C(C)NC(C)=C(C(=O)OCCCN2CCC(c3ccc(OC)cc3)(c3ccc(OC)cc3)CC2)C1c1cccc([N+](=O)[O-])c1. The van der Waals surface area contributed by atoms with Crippen molar-refractivity contribution < 1.29 is 33.5 Å². The molecule has 2 aliphatic heterocycles. The van der Waals surface area contributed by atoms with E-state index in [1.54, 1.807) is 34.1 Å². The smallest absolute Gasteiger partial charge is 0.336 e. The van der Waals surface area contributed by atoms with Gasteiger partial charge in [-0.15, -0.1) is 0 Å². The van der Waals surface area contributed by atoms with Crippen LogP contribution >= 0.6 is 0 Å². The first-order chi connectivity index (χ1) is 23.6. The van der Waals surface area contributed by atoms with Gasteiger partial charge >= 0.3 is 11.9 Å². The zero-order valence-corrected chi connectivity index (χ0v) is 28.6. The number of methoxy groups -OCH3 is 3. The van der Waals surface area contributed by atoms with Crippen LogP contribution in [0.5, 0.6) is 11.5 Å². The lowest BCUT2D eigenvalue weighted by atomic mass is 9.68. The lowest BCUT2D eigenvalue weighted by Crippen LogP contribution is -2.43. The number of hydrogen-bond acceptors (Lipinski definition) is 10. The Hall–Kier alpha value is -5.16. The number of esters is 2. The van der Waals surface area contributed by atoms with Gasteiger partial charge in [0.25, 0.3) is 5.69 Å². The van der Waals surface area contributed by atoms with Gasteiger partial charge < -0.3 is 29.2 Å². The third kappa shape index (κ3) is 7.46. The summed E-state index contributed by atoms with van der Waals surface area (Å²) in [6.07, 6.45) is 2.44. The molecule has 258 valence electrons. The zero-order chi connectivity index (χ0) is 35.1. The van der Waals surface area contributed by atoms with E-state index in [9.17, 15) is 19.7 Å². The lowest BCUT2D eigenvalue weighted by molar-refractivity contribution is -0.384. The second-order valence-electron chi connectivity index (χ2n) is 12.3. The van der Waals surface area contributed by atoms with E-state index in [0.717, 1.165) is 44.0 Å². The molecule has 0 aliphatic carbocycles. The van der Waals surface area contributed by atoms with E-state index in [4.69, 9.17) is 18.9 Å². The molecule has 1 N–H and O–H groups in total. The predicted octanol–water partition coefficient (Wildman–Crippen LogP) is 6.04. The number of dihydropyridines is 1. The Balaban J connectivity index is 1.26. The molecule has 0 bridgehead atoms. The van der Waals surface area contributed by atoms with Crippen molar-refractivity contribution in [2.75, 3.05) is 47.6 Å². The first kappa shape index (κ1) is 35.2. The minimum Gasteiger partial charge on any atom is -0.497 e. The number of allylic oxidation sites excluding steroid dienone is 2. The summed E-state index contributed by atoms with van der Waals surface area (Å²) in [5.74, 6) is -0.483. The highest BCUT2D eigenvalue weighted by Crippen LogP contribution is 2.43. The van der Waals surface area contributed by atoms with E-state index in [2.05, 4.69) is 34.5 Å². The number of likely N-dealkylation sites (tertiary alicyclic amines) is 1. The van der Waals surface area contributed by atoms with Crippen molar-refractivity contribution in [2.24, 2.45) is 0 Å². The number of nitro benzene ring substituents is 1. The van der Waals surface area contributed by atoms with E-state index in [-0.39, 0.29) is 28.9 Å². The number of carbonyl (C=O) groups is 2. The number of non-ortho nitro benzene ring substituents is 1. The molecule has 11 nitrogen and oxygen atoms in total. The van der Waals surface area contributed by atoms with Crippen molar-refractivity contribution >= 4 is 17.6 Å². The normalized spacial score (nSPS) is 17.6. The van der Waals surface area contributed by atoms with Crippen LogP contribution in [0.15, 0.2) is 95.3 Å². The highest BCUT2D eigenvalue weighted by Gasteiger charge is 2.39. The lowest BCUT2D eigenvalue weighted by Gasteiger charge is -2.43. The molecular formula is C38H43N3O8. The Labute approximate surface area is 286 Å². The van der Waals surface area contributed by atoms with Crippen LogP contribution in [0.25, 0.3) is 0 Å². The molecule has 2 aliphatic rings. The van der Waals surface area contributed by atoms with Crippen LogP contribution in [0.3, 0.4) is 0 Å². The average molecular weight is 670 g/mol. The number of nitro groups is 1. The second kappa shape index (κ2) is 15.4. The van der Waals surface area contributed by atoms with Crippen molar-refractivity contribution in [1.29, 1.82) is 0 Å². The maximum atomic E-state index is 13.7. The van der Waals surface area contributed by atoms with Gasteiger partial charge in [-0.05, 0) is 87.2 Å². The largest absolute Gasteiger partial charge is 0.497 e. The molecule has 0 radical (unpaired) electrons. The molecule has 49 heavy (non-hydrogen) atoms. The molecule has 1 fully saturated rings. The fourth-order valence-electron chi connectivity index (χ4n) is 7.05. The van der Waals surface area contributed by atoms with Crippen molar-refractivity contribution in [1.82, 2.24) is 10.2 Å². The molecule has 0 amide bonds. The number of hydrogen-bond donors (Lipinski definition) is 1. The number of nitrogens with zero attached hydrogens (tertiary/aromatic N) is 2. The number of benzene rings is 3. The first-order valence-electron chi connectivity index (χ1n) is 16.3. The molecular weight excluding hydrogens is 626 g/mol. The molecule has 0 spiro atoms. The van der Waals surface area contributed by atoms with E-state index in [0.29, 0.717) is 23.4 Å². The number of ether oxygens (including phenoxy) is 4. The van der Waals surface area contributed by atoms with Gasteiger partial charge in [0.1, 0.15) is 11.5 Å². The molecule has 5 rings (SSSR count).